The Labute approximate surface area is 134 Å². The fourth-order valence-electron chi connectivity index (χ4n) is 2.73. The molecule has 0 bridgehead atoms. The lowest BCUT2D eigenvalue weighted by Crippen LogP contribution is -2.41. The predicted molar refractivity (Wildman–Crippen MR) is 85.2 cm³/mol. The molecule has 3 rings (SSSR count). The van der Waals surface area contributed by atoms with Gasteiger partial charge in [0.1, 0.15) is 5.82 Å². The molecule has 1 aromatic carbocycles. The number of nitrogens with zero attached hydrogens (tertiary/aromatic N) is 3. The van der Waals surface area contributed by atoms with E-state index in [1.807, 2.05) is 0 Å². The highest BCUT2D eigenvalue weighted by atomic mass is 19.1. The fraction of sp³-hybridized carbons (Fsp3) is 0.353. The summed E-state index contributed by atoms with van der Waals surface area (Å²) in [5.74, 6) is 0.520. The van der Waals surface area contributed by atoms with Gasteiger partial charge in [-0.15, -0.1) is 0 Å². The van der Waals surface area contributed by atoms with Gasteiger partial charge in [-0.25, -0.2) is 14.4 Å². The number of hydrogen-bond donors (Lipinski definition) is 1. The number of amides is 1. The molecule has 2 aromatic rings. The Bertz CT molecular complexity index is 639. The first kappa shape index (κ1) is 15.4. The Hall–Kier alpha value is -2.50. The van der Waals surface area contributed by atoms with Crippen molar-refractivity contribution >= 4 is 11.9 Å². The molecule has 23 heavy (non-hydrogen) atoms. The minimum atomic E-state index is -0.268. The molecule has 120 valence electrons. The van der Waals surface area contributed by atoms with Crippen LogP contribution in [0.25, 0.3) is 0 Å². The first-order valence-corrected chi connectivity index (χ1v) is 7.76. The summed E-state index contributed by atoms with van der Waals surface area (Å²) in [6.45, 7) is 1.98. The van der Waals surface area contributed by atoms with Gasteiger partial charge >= 0.3 is 0 Å². The molecule has 1 N–H and O–H groups in total. The van der Waals surface area contributed by atoms with Crippen LogP contribution in [-0.4, -0.2) is 29.0 Å². The van der Waals surface area contributed by atoms with Crippen molar-refractivity contribution in [1.29, 1.82) is 0 Å². The lowest BCUT2D eigenvalue weighted by atomic mass is 9.96. The molecule has 1 amide bonds. The zero-order chi connectivity index (χ0) is 16.1. The summed E-state index contributed by atoms with van der Waals surface area (Å²) < 4.78 is 12.9. The summed E-state index contributed by atoms with van der Waals surface area (Å²) in [6, 6.07) is 7.97. The SMILES string of the molecule is O=C(NCc1ccc(F)cc1)C1CCN(c2ncccn2)CC1. The number of piperidine rings is 1. The molecule has 1 saturated heterocycles. The second-order valence-electron chi connectivity index (χ2n) is 5.65. The van der Waals surface area contributed by atoms with E-state index in [-0.39, 0.29) is 17.6 Å². The summed E-state index contributed by atoms with van der Waals surface area (Å²) in [6.07, 6.45) is 5.02. The van der Waals surface area contributed by atoms with Crippen molar-refractivity contribution in [2.45, 2.75) is 19.4 Å². The van der Waals surface area contributed by atoms with Gasteiger partial charge in [-0.3, -0.25) is 4.79 Å². The minimum absolute atomic E-state index is 0.00964. The van der Waals surface area contributed by atoms with E-state index >= 15 is 0 Å². The van der Waals surface area contributed by atoms with Crippen LogP contribution in [0.15, 0.2) is 42.7 Å². The first-order chi connectivity index (χ1) is 11.2. The van der Waals surface area contributed by atoms with Crippen LogP contribution in [-0.2, 0) is 11.3 Å². The maximum atomic E-state index is 12.9. The Morgan fingerprint density at radius 3 is 2.48 bits per heavy atom. The fourth-order valence-corrected chi connectivity index (χ4v) is 2.73. The van der Waals surface area contributed by atoms with E-state index in [2.05, 4.69) is 20.2 Å². The van der Waals surface area contributed by atoms with Crippen molar-refractivity contribution in [1.82, 2.24) is 15.3 Å². The van der Waals surface area contributed by atoms with E-state index in [4.69, 9.17) is 0 Å². The maximum Gasteiger partial charge on any atom is 0.225 e. The lowest BCUT2D eigenvalue weighted by Gasteiger charge is -2.31. The third-order valence-electron chi connectivity index (χ3n) is 4.08. The van der Waals surface area contributed by atoms with Gasteiger partial charge in [-0.1, -0.05) is 12.1 Å². The molecule has 2 heterocycles. The van der Waals surface area contributed by atoms with Crippen molar-refractivity contribution in [2.75, 3.05) is 18.0 Å². The van der Waals surface area contributed by atoms with E-state index in [1.165, 1.54) is 12.1 Å². The third-order valence-corrected chi connectivity index (χ3v) is 4.08. The molecule has 0 radical (unpaired) electrons. The predicted octanol–water partition coefficient (Wildman–Crippen LogP) is 2.15. The molecule has 0 unspecified atom stereocenters. The Morgan fingerprint density at radius 1 is 1.17 bits per heavy atom. The van der Waals surface area contributed by atoms with Gasteiger partial charge in [0.25, 0.3) is 0 Å². The standard InChI is InChI=1S/C17H19FN4O/c18-15-4-2-13(3-5-15)12-21-16(23)14-6-10-22(11-7-14)17-19-8-1-9-20-17/h1-5,8-9,14H,6-7,10-12H2,(H,21,23). The molecule has 0 saturated carbocycles. The number of hydrogen-bond acceptors (Lipinski definition) is 4. The molecule has 5 nitrogen and oxygen atoms in total. The van der Waals surface area contributed by atoms with Crippen LogP contribution in [0.1, 0.15) is 18.4 Å². The van der Waals surface area contributed by atoms with Crippen LogP contribution in [0, 0.1) is 11.7 Å². The topological polar surface area (TPSA) is 58.1 Å². The zero-order valence-electron chi connectivity index (χ0n) is 12.8. The third kappa shape index (κ3) is 4.03. The summed E-state index contributed by atoms with van der Waals surface area (Å²) in [5.41, 5.74) is 0.898. The highest BCUT2D eigenvalue weighted by Gasteiger charge is 2.25. The molecule has 0 spiro atoms. The van der Waals surface area contributed by atoms with Crippen molar-refractivity contribution in [2.24, 2.45) is 5.92 Å². The number of nitrogens with one attached hydrogen (secondary N) is 1. The maximum absolute atomic E-state index is 12.9. The van der Waals surface area contributed by atoms with Crippen molar-refractivity contribution < 1.29 is 9.18 Å². The van der Waals surface area contributed by atoms with Crippen LogP contribution in [0.3, 0.4) is 0 Å². The van der Waals surface area contributed by atoms with E-state index in [1.54, 1.807) is 30.6 Å². The second-order valence-corrected chi connectivity index (χ2v) is 5.65. The summed E-state index contributed by atoms with van der Waals surface area (Å²) in [7, 11) is 0. The van der Waals surface area contributed by atoms with Gasteiger partial charge in [-0.05, 0) is 36.6 Å². The molecule has 1 aromatic heterocycles. The average Bonchev–Trinajstić information content (AvgIpc) is 2.62. The van der Waals surface area contributed by atoms with Crippen LogP contribution in [0.5, 0.6) is 0 Å². The quantitative estimate of drug-likeness (QED) is 0.939. The van der Waals surface area contributed by atoms with E-state index in [0.717, 1.165) is 37.4 Å². The highest BCUT2D eigenvalue weighted by molar-refractivity contribution is 5.78. The van der Waals surface area contributed by atoms with Gasteiger partial charge in [0, 0.05) is 37.9 Å². The van der Waals surface area contributed by atoms with Crippen LogP contribution < -0.4 is 10.2 Å². The first-order valence-electron chi connectivity index (χ1n) is 7.76. The number of carbonyl (C=O) groups is 1. The van der Waals surface area contributed by atoms with Crippen LogP contribution in [0.4, 0.5) is 10.3 Å². The number of halogens is 1. The van der Waals surface area contributed by atoms with E-state index in [0.29, 0.717) is 6.54 Å². The van der Waals surface area contributed by atoms with Gasteiger partial charge in [0.2, 0.25) is 11.9 Å². The smallest absolute Gasteiger partial charge is 0.225 e. The highest BCUT2D eigenvalue weighted by Crippen LogP contribution is 2.20. The average molecular weight is 314 g/mol. The Morgan fingerprint density at radius 2 is 1.83 bits per heavy atom. The van der Waals surface area contributed by atoms with Gasteiger partial charge in [0.05, 0.1) is 0 Å². The number of anilines is 1. The zero-order valence-corrected chi connectivity index (χ0v) is 12.8. The normalized spacial score (nSPS) is 15.4. The summed E-state index contributed by atoms with van der Waals surface area (Å²) in [5, 5.41) is 2.93. The molecule has 1 aliphatic heterocycles. The summed E-state index contributed by atoms with van der Waals surface area (Å²) in [4.78, 5) is 22.8. The Kier molecular flexibility index (Phi) is 4.80. The number of rotatable bonds is 4. The molecular weight excluding hydrogens is 295 g/mol. The van der Waals surface area contributed by atoms with Gasteiger partial charge in [-0.2, -0.15) is 0 Å². The number of benzene rings is 1. The van der Waals surface area contributed by atoms with Crippen molar-refractivity contribution in [3.8, 4) is 0 Å². The van der Waals surface area contributed by atoms with E-state index in [9.17, 15) is 9.18 Å². The molecule has 1 aliphatic rings. The molecular formula is C17H19FN4O. The molecule has 1 fully saturated rings. The van der Waals surface area contributed by atoms with Gasteiger partial charge < -0.3 is 10.2 Å². The summed E-state index contributed by atoms with van der Waals surface area (Å²) >= 11 is 0. The second kappa shape index (κ2) is 7.17. The molecule has 0 atom stereocenters. The largest absolute Gasteiger partial charge is 0.352 e. The van der Waals surface area contributed by atoms with Crippen LogP contribution in [0.2, 0.25) is 0 Å². The van der Waals surface area contributed by atoms with Crippen molar-refractivity contribution in [3.05, 3.63) is 54.1 Å². The molecule has 0 aliphatic carbocycles. The van der Waals surface area contributed by atoms with Gasteiger partial charge in [0.15, 0.2) is 0 Å². The number of carbonyl (C=O) groups excluding carboxylic acids is 1. The lowest BCUT2D eigenvalue weighted by molar-refractivity contribution is -0.125. The number of aromatic nitrogens is 2. The van der Waals surface area contributed by atoms with Crippen LogP contribution >= 0.6 is 0 Å². The van der Waals surface area contributed by atoms with E-state index < -0.39 is 0 Å². The van der Waals surface area contributed by atoms with Crippen molar-refractivity contribution in [3.63, 3.8) is 0 Å². The monoisotopic (exact) mass is 314 g/mol. The Balaban J connectivity index is 1.47. The minimum Gasteiger partial charge on any atom is -0.352 e. The molecule has 6 heteroatoms.